The lowest BCUT2D eigenvalue weighted by atomic mass is 9.99. The van der Waals surface area contributed by atoms with E-state index in [1.165, 1.54) is 0 Å². The van der Waals surface area contributed by atoms with Gasteiger partial charge in [-0.25, -0.2) is 4.79 Å². The van der Waals surface area contributed by atoms with Gasteiger partial charge in [0.15, 0.2) is 24.9 Å². The maximum absolute atomic E-state index is 11.1. The van der Waals surface area contributed by atoms with Crippen LogP contribution >= 0.6 is 34.2 Å². The normalized spacial score (nSPS) is 28.3. The van der Waals surface area contributed by atoms with E-state index in [2.05, 4.69) is 4.98 Å². The van der Waals surface area contributed by atoms with Crippen molar-refractivity contribution in [1.29, 1.82) is 0 Å². The fourth-order valence-electron chi connectivity index (χ4n) is 2.63. The summed E-state index contributed by atoms with van der Waals surface area (Å²) in [5, 5.41) is 39.6. The predicted molar refractivity (Wildman–Crippen MR) is 100 cm³/mol. The third-order valence-corrected chi connectivity index (χ3v) is 5.11. The lowest BCUT2D eigenvalue weighted by Crippen LogP contribution is -2.60. The summed E-state index contributed by atoms with van der Waals surface area (Å²) < 4.78 is 16.5. The molecule has 1 fully saturated rings. The van der Waals surface area contributed by atoms with Crippen molar-refractivity contribution in [2.24, 2.45) is 0 Å². The van der Waals surface area contributed by atoms with Gasteiger partial charge in [0.05, 0.1) is 8.59 Å². The average molecular weight is 511 g/mol. The third-order valence-electron chi connectivity index (χ3n) is 4.00. The molecule has 1 aromatic heterocycles. The number of halogens is 2. The largest absolute Gasteiger partial charge is 0.479 e. The van der Waals surface area contributed by atoms with Crippen LogP contribution in [0.5, 0.6) is 5.75 Å². The molecule has 1 saturated heterocycles. The molecule has 1 aliphatic rings. The Hall–Kier alpha value is -1.28. The van der Waals surface area contributed by atoms with Gasteiger partial charge >= 0.3 is 5.97 Å². The molecule has 0 unspecified atom stereocenters. The molecule has 0 bridgehead atoms. The first-order valence-electron chi connectivity index (χ1n) is 7.71. The molecule has 0 spiro atoms. The molecule has 4 N–H and O–H groups in total. The van der Waals surface area contributed by atoms with Gasteiger partial charge in [0, 0.05) is 11.6 Å². The van der Waals surface area contributed by atoms with E-state index in [1.807, 2.05) is 22.6 Å². The highest BCUT2D eigenvalue weighted by molar-refractivity contribution is 14.1. The quantitative estimate of drug-likeness (QED) is 0.339. The molecule has 0 radical (unpaired) electrons. The Labute approximate surface area is 171 Å². The monoisotopic (exact) mass is 510 g/mol. The Morgan fingerprint density at radius 2 is 2.04 bits per heavy atom. The first kappa shape index (κ1) is 20.5. The number of carboxylic acid groups (broad SMARTS) is 1. The predicted octanol–water partition coefficient (Wildman–Crippen LogP) is 0.738. The molecule has 1 aliphatic heterocycles. The van der Waals surface area contributed by atoms with Crippen molar-refractivity contribution < 1.29 is 39.4 Å². The van der Waals surface area contributed by atoms with Crippen LogP contribution in [0, 0.1) is 3.57 Å². The van der Waals surface area contributed by atoms with Crippen molar-refractivity contribution in [3.63, 3.8) is 0 Å². The van der Waals surface area contributed by atoms with Crippen LogP contribution in [0.4, 0.5) is 0 Å². The van der Waals surface area contributed by atoms with E-state index < -0.39 is 43.5 Å². The third kappa shape index (κ3) is 4.11. The summed E-state index contributed by atoms with van der Waals surface area (Å²) in [6.45, 7) is -0.430. The number of pyridine rings is 1. The number of nitrogens with zero attached hydrogens (tertiary/aromatic N) is 1. The number of aliphatic carboxylic acids is 1. The second-order valence-corrected chi connectivity index (χ2v) is 7.30. The fourth-order valence-corrected chi connectivity index (χ4v) is 3.80. The zero-order chi connectivity index (χ0) is 19.7. The van der Waals surface area contributed by atoms with E-state index in [0.717, 1.165) is 0 Å². The van der Waals surface area contributed by atoms with E-state index in [4.69, 9.17) is 30.9 Å². The Bertz CT molecular complexity index is 853. The van der Waals surface area contributed by atoms with Gasteiger partial charge in [-0.05, 0) is 40.8 Å². The molecule has 5 atom stereocenters. The van der Waals surface area contributed by atoms with Crippen LogP contribution in [0.3, 0.4) is 0 Å². The first-order chi connectivity index (χ1) is 12.8. The Morgan fingerprint density at radius 1 is 1.30 bits per heavy atom. The molecular formula is C16H15ClINO8. The highest BCUT2D eigenvalue weighted by atomic mass is 127. The van der Waals surface area contributed by atoms with Crippen molar-refractivity contribution in [1.82, 2.24) is 4.98 Å². The Balaban J connectivity index is 1.73. The molecule has 146 valence electrons. The second kappa shape index (κ2) is 8.39. The summed E-state index contributed by atoms with van der Waals surface area (Å²) in [6.07, 6.45) is -6.86. The minimum atomic E-state index is -1.79. The lowest BCUT2D eigenvalue weighted by Gasteiger charge is -2.38. The molecule has 27 heavy (non-hydrogen) atoms. The van der Waals surface area contributed by atoms with Crippen LogP contribution in [0.2, 0.25) is 5.02 Å². The minimum Gasteiger partial charge on any atom is -0.479 e. The van der Waals surface area contributed by atoms with Crippen molar-refractivity contribution in [2.45, 2.75) is 30.7 Å². The van der Waals surface area contributed by atoms with E-state index in [9.17, 15) is 20.1 Å². The number of ether oxygens (including phenoxy) is 3. The number of aliphatic hydroxyl groups excluding tert-OH is 3. The summed E-state index contributed by atoms with van der Waals surface area (Å²) in [4.78, 5) is 15.3. The van der Waals surface area contributed by atoms with Crippen molar-refractivity contribution in [2.75, 3.05) is 6.79 Å². The summed E-state index contributed by atoms with van der Waals surface area (Å²) in [5.41, 5.74) is 0.502. The molecular weight excluding hydrogens is 496 g/mol. The summed E-state index contributed by atoms with van der Waals surface area (Å²) >= 11 is 8.21. The molecule has 2 aromatic rings. The van der Waals surface area contributed by atoms with E-state index in [1.54, 1.807) is 24.4 Å². The van der Waals surface area contributed by atoms with Crippen molar-refractivity contribution >= 4 is 51.1 Å². The highest BCUT2D eigenvalue weighted by Crippen LogP contribution is 2.34. The van der Waals surface area contributed by atoms with Crippen molar-refractivity contribution in [3.8, 4) is 5.75 Å². The van der Waals surface area contributed by atoms with Gasteiger partial charge in [0.2, 0.25) is 0 Å². The molecule has 1 aromatic carbocycles. The SMILES string of the molecule is O=C(O)[C@H]1O[C@@H](O[11CH2]Oc2c(I)cc(Cl)c3cccnc23)[C@H](O)[C@@H](O)[C@@H]1O. The van der Waals surface area contributed by atoms with E-state index >= 15 is 0 Å². The maximum atomic E-state index is 11.1. The summed E-state index contributed by atoms with van der Waals surface area (Å²) in [7, 11) is 0. The molecule has 0 amide bonds. The van der Waals surface area contributed by atoms with Gasteiger partial charge < -0.3 is 34.6 Å². The van der Waals surface area contributed by atoms with Crippen LogP contribution in [-0.4, -0.2) is 68.9 Å². The number of carbonyl (C=O) groups is 1. The fraction of sp³-hybridized carbons (Fsp3) is 0.375. The zero-order valence-corrected chi connectivity index (χ0v) is 16.4. The topological polar surface area (TPSA) is 139 Å². The number of aromatic nitrogens is 1. The van der Waals surface area contributed by atoms with Gasteiger partial charge in [-0.3, -0.25) is 4.98 Å². The molecule has 3 rings (SSSR count). The second-order valence-electron chi connectivity index (χ2n) is 5.73. The lowest BCUT2D eigenvalue weighted by molar-refractivity contribution is -0.304. The maximum Gasteiger partial charge on any atom is 0.335 e. The molecule has 9 nitrogen and oxygen atoms in total. The number of hydrogen-bond donors (Lipinski definition) is 4. The number of aliphatic hydroxyl groups is 3. The Kier molecular flexibility index (Phi) is 6.35. The van der Waals surface area contributed by atoms with Crippen LogP contribution in [0.1, 0.15) is 0 Å². The van der Waals surface area contributed by atoms with E-state index in [-0.39, 0.29) is 0 Å². The number of rotatable bonds is 5. The van der Waals surface area contributed by atoms with Gasteiger partial charge in [-0.2, -0.15) is 0 Å². The number of benzene rings is 1. The Morgan fingerprint density at radius 3 is 2.74 bits per heavy atom. The number of carboxylic acids is 1. The molecule has 0 saturated carbocycles. The van der Waals surface area contributed by atoms with Gasteiger partial charge in [0.1, 0.15) is 23.8 Å². The minimum absolute atomic E-state index is 0.385. The number of fused-ring (bicyclic) bond motifs is 1. The molecule has 11 heteroatoms. The van der Waals surface area contributed by atoms with Crippen LogP contribution in [0.25, 0.3) is 10.9 Å². The van der Waals surface area contributed by atoms with Crippen LogP contribution in [0.15, 0.2) is 24.4 Å². The van der Waals surface area contributed by atoms with E-state index in [0.29, 0.717) is 25.2 Å². The molecule has 0 aliphatic carbocycles. The summed E-state index contributed by atoms with van der Waals surface area (Å²) in [6, 6.07) is 5.19. The highest BCUT2D eigenvalue weighted by Gasteiger charge is 2.47. The number of hydrogen-bond acceptors (Lipinski definition) is 8. The first-order valence-corrected chi connectivity index (χ1v) is 9.16. The smallest absolute Gasteiger partial charge is 0.335 e. The standard InChI is InChI=1S/C16H15ClINO8/c17-7-4-8(18)13(9-6(7)2-1-3-19-9)25-5-26-16-12(22)10(20)11(21)14(27-16)15(23)24/h1-4,10-12,14,16,20-22H,5H2,(H,23,24)/t10-,11-,12+,14-,16+/m0/s1/i5-1. The van der Waals surface area contributed by atoms with Crippen LogP contribution in [-0.2, 0) is 14.3 Å². The molecule has 2 heterocycles. The zero-order valence-electron chi connectivity index (χ0n) is 13.5. The van der Waals surface area contributed by atoms with Crippen LogP contribution < -0.4 is 4.74 Å². The van der Waals surface area contributed by atoms with Gasteiger partial charge in [-0.1, -0.05) is 11.6 Å². The summed E-state index contributed by atoms with van der Waals surface area (Å²) in [5.74, 6) is -1.11. The average Bonchev–Trinajstić information content (AvgIpc) is 2.63. The van der Waals surface area contributed by atoms with Gasteiger partial charge in [0.25, 0.3) is 0 Å². The van der Waals surface area contributed by atoms with Crippen molar-refractivity contribution in [3.05, 3.63) is 33.0 Å². The van der Waals surface area contributed by atoms with Gasteiger partial charge in [-0.15, -0.1) is 0 Å².